The molecule has 1 aromatic rings. The third-order valence-electron chi connectivity index (χ3n) is 2.99. The maximum absolute atomic E-state index is 11.9. The fourth-order valence-electron chi connectivity index (χ4n) is 1.98. The fourth-order valence-corrected chi connectivity index (χ4v) is 1.98. The first kappa shape index (κ1) is 19.6. The number of ether oxygens (including phenoxy) is 2. The van der Waals surface area contributed by atoms with Gasteiger partial charge in [0.25, 0.3) is 0 Å². The number of nitrogens with one attached hydrogen (secondary N) is 1. The van der Waals surface area contributed by atoms with E-state index in [0.717, 1.165) is 0 Å². The molecule has 132 valence electrons. The number of carbonyl (C=O) groups excluding carboxylic acids is 3. The Hall–Kier alpha value is -2.41. The summed E-state index contributed by atoms with van der Waals surface area (Å²) in [5.74, 6) is -1.24. The minimum Gasteiger partial charge on any atom is -0.465 e. The lowest BCUT2D eigenvalue weighted by atomic mass is 10.1. The Morgan fingerprint density at radius 1 is 1.17 bits per heavy atom. The number of esters is 2. The van der Waals surface area contributed by atoms with E-state index < -0.39 is 17.5 Å². The first-order valence-electron chi connectivity index (χ1n) is 7.59. The summed E-state index contributed by atoms with van der Waals surface area (Å²) < 4.78 is 9.81. The summed E-state index contributed by atoms with van der Waals surface area (Å²) in [6.45, 7) is 5.43. The van der Waals surface area contributed by atoms with Gasteiger partial charge in [0.05, 0.1) is 19.1 Å². The van der Waals surface area contributed by atoms with Crippen LogP contribution in [-0.4, -0.2) is 30.6 Å². The number of carbonyl (C=O) groups is 3. The smallest absolute Gasteiger partial charge is 0.338 e. The maximum atomic E-state index is 11.9. The van der Waals surface area contributed by atoms with E-state index in [1.165, 1.54) is 13.2 Å². The van der Waals surface area contributed by atoms with Crippen molar-refractivity contribution in [2.75, 3.05) is 12.4 Å². The SMILES string of the molecule is COC(=O)c1ccc(NC(=O)CCC(=O)OC(C)(C)C)cc1CN. The number of amides is 1. The van der Waals surface area contributed by atoms with Gasteiger partial charge in [-0.1, -0.05) is 0 Å². The molecule has 7 nitrogen and oxygen atoms in total. The van der Waals surface area contributed by atoms with Crippen LogP contribution in [0.4, 0.5) is 5.69 Å². The number of nitrogens with two attached hydrogens (primary N) is 1. The van der Waals surface area contributed by atoms with E-state index in [1.54, 1.807) is 32.9 Å². The van der Waals surface area contributed by atoms with Gasteiger partial charge in [-0.2, -0.15) is 0 Å². The van der Waals surface area contributed by atoms with Gasteiger partial charge in [0, 0.05) is 18.7 Å². The zero-order valence-corrected chi connectivity index (χ0v) is 14.5. The average molecular weight is 336 g/mol. The largest absolute Gasteiger partial charge is 0.465 e. The summed E-state index contributed by atoms with van der Waals surface area (Å²) in [6.07, 6.45) is -0.00127. The Balaban J connectivity index is 2.64. The maximum Gasteiger partial charge on any atom is 0.338 e. The van der Waals surface area contributed by atoms with Crippen molar-refractivity contribution in [3.63, 3.8) is 0 Å². The Labute approximate surface area is 141 Å². The van der Waals surface area contributed by atoms with Crippen LogP contribution < -0.4 is 11.1 Å². The molecule has 0 fully saturated rings. The molecule has 0 unspecified atom stereocenters. The standard InChI is InChI=1S/C17H24N2O5/c1-17(2,3)24-15(21)8-7-14(20)19-12-5-6-13(16(22)23-4)11(9-12)10-18/h5-6,9H,7-8,10,18H2,1-4H3,(H,19,20). The van der Waals surface area contributed by atoms with E-state index in [0.29, 0.717) is 16.8 Å². The van der Waals surface area contributed by atoms with Crippen molar-refractivity contribution >= 4 is 23.5 Å². The lowest BCUT2D eigenvalue weighted by Gasteiger charge is -2.19. The molecule has 1 amide bonds. The van der Waals surface area contributed by atoms with E-state index in [1.807, 2.05) is 0 Å². The molecule has 0 atom stereocenters. The van der Waals surface area contributed by atoms with Crippen LogP contribution >= 0.6 is 0 Å². The monoisotopic (exact) mass is 336 g/mol. The fraction of sp³-hybridized carbons (Fsp3) is 0.471. The minimum absolute atomic E-state index is 0.00558. The molecule has 0 heterocycles. The molecule has 0 aliphatic rings. The third-order valence-corrected chi connectivity index (χ3v) is 2.99. The molecule has 0 saturated heterocycles. The highest BCUT2D eigenvalue weighted by Crippen LogP contribution is 2.17. The summed E-state index contributed by atoms with van der Waals surface area (Å²) in [7, 11) is 1.29. The number of anilines is 1. The summed E-state index contributed by atoms with van der Waals surface area (Å²) in [4.78, 5) is 35.1. The highest BCUT2D eigenvalue weighted by molar-refractivity contribution is 5.95. The second kappa shape index (κ2) is 8.44. The molecule has 0 bridgehead atoms. The van der Waals surface area contributed by atoms with Crippen molar-refractivity contribution in [1.82, 2.24) is 0 Å². The highest BCUT2D eigenvalue weighted by atomic mass is 16.6. The van der Waals surface area contributed by atoms with Gasteiger partial charge < -0.3 is 20.5 Å². The van der Waals surface area contributed by atoms with Crippen LogP contribution in [0.25, 0.3) is 0 Å². The molecule has 0 saturated carbocycles. The first-order valence-corrected chi connectivity index (χ1v) is 7.59. The van der Waals surface area contributed by atoms with Crippen LogP contribution in [0.5, 0.6) is 0 Å². The summed E-state index contributed by atoms with van der Waals surface area (Å²) in [5.41, 5.74) is 6.46. The van der Waals surface area contributed by atoms with Crippen LogP contribution in [0.15, 0.2) is 18.2 Å². The predicted octanol–water partition coefficient (Wildman–Crippen LogP) is 1.99. The molecule has 3 N–H and O–H groups in total. The van der Waals surface area contributed by atoms with Gasteiger partial charge in [-0.05, 0) is 44.5 Å². The van der Waals surface area contributed by atoms with Gasteiger partial charge in [0.15, 0.2) is 0 Å². The predicted molar refractivity (Wildman–Crippen MR) is 89.4 cm³/mol. The first-order chi connectivity index (χ1) is 11.2. The Bertz CT molecular complexity index is 620. The van der Waals surface area contributed by atoms with Crippen molar-refractivity contribution < 1.29 is 23.9 Å². The van der Waals surface area contributed by atoms with Crippen molar-refractivity contribution in [1.29, 1.82) is 0 Å². The van der Waals surface area contributed by atoms with Crippen molar-refractivity contribution in [3.8, 4) is 0 Å². The van der Waals surface area contributed by atoms with Crippen molar-refractivity contribution in [2.24, 2.45) is 5.73 Å². The Kier molecular flexibility index (Phi) is 6.91. The minimum atomic E-state index is -0.576. The van der Waals surface area contributed by atoms with Crippen LogP contribution in [-0.2, 0) is 25.6 Å². The zero-order valence-electron chi connectivity index (χ0n) is 14.5. The Morgan fingerprint density at radius 2 is 1.83 bits per heavy atom. The van der Waals surface area contributed by atoms with Crippen LogP contribution in [0.3, 0.4) is 0 Å². The van der Waals surface area contributed by atoms with E-state index in [9.17, 15) is 14.4 Å². The van der Waals surface area contributed by atoms with Gasteiger partial charge in [-0.3, -0.25) is 9.59 Å². The third kappa shape index (κ3) is 6.37. The molecule has 0 aliphatic carbocycles. The molecular formula is C17H24N2O5. The van der Waals surface area contributed by atoms with E-state index >= 15 is 0 Å². The van der Waals surface area contributed by atoms with E-state index in [4.69, 9.17) is 10.5 Å². The summed E-state index contributed by atoms with van der Waals surface area (Å²) in [5, 5.41) is 2.66. The topological polar surface area (TPSA) is 108 Å². The van der Waals surface area contributed by atoms with Crippen LogP contribution in [0, 0.1) is 0 Å². The average Bonchev–Trinajstić information content (AvgIpc) is 2.50. The van der Waals surface area contributed by atoms with Gasteiger partial charge in [-0.25, -0.2) is 4.79 Å². The number of rotatable bonds is 6. The second-order valence-electron chi connectivity index (χ2n) is 6.20. The number of hydrogen-bond acceptors (Lipinski definition) is 6. The lowest BCUT2D eigenvalue weighted by molar-refractivity contribution is -0.155. The van der Waals surface area contributed by atoms with E-state index in [-0.39, 0.29) is 25.3 Å². The molecule has 7 heteroatoms. The highest BCUT2D eigenvalue weighted by Gasteiger charge is 2.17. The Morgan fingerprint density at radius 3 is 2.38 bits per heavy atom. The van der Waals surface area contributed by atoms with Gasteiger partial charge in [0.2, 0.25) is 5.91 Å². The van der Waals surface area contributed by atoms with Gasteiger partial charge in [-0.15, -0.1) is 0 Å². The number of hydrogen-bond donors (Lipinski definition) is 2. The molecular weight excluding hydrogens is 312 g/mol. The van der Waals surface area contributed by atoms with Crippen molar-refractivity contribution in [2.45, 2.75) is 45.8 Å². The zero-order chi connectivity index (χ0) is 18.3. The summed E-state index contributed by atoms with van der Waals surface area (Å²) >= 11 is 0. The molecule has 1 rings (SSSR count). The van der Waals surface area contributed by atoms with Gasteiger partial charge >= 0.3 is 11.9 Å². The second-order valence-corrected chi connectivity index (χ2v) is 6.20. The molecule has 0 spiro atoms. The number of benzene rings is 1. The van der Waals surface area contributed by atoms with Crippen LogP contribution in [0.2, 0.25) is 0 Å². The molecule has 0 radical (unpaired) electrons. The van der Waals surface area contributed by atoms with Gasteiger partial charge in [0.1, 0.15) is 5.60 Å². The molecule has 1 aromatic carbocycles. The quantitative estimate of drug-likeness (QED) is 0.769. The lowest BCUT2D eigenvalue weighted by Crippen LogP contribution is -2.24. The molecule has 24 heavy (non-hydrogen) atoms. The molecule has 0 aliphatic heterocycles. The number of methoxy groups -OCH3 is 1. The van der Waals surface area contributed by atoms with Crippen molar-refractivity contribution in [3.05, 3.63) is 29.3 Å². The normalized spacial score (nSPS) is 10.9. The summed E-state index contributed by atoms with van der Waals surface area (Å²) in [6, 6.07) is 4.73. The van der Waals surface area contributed by atoms with E-state index in [2.05, 4.69) is 10.1 Å². The molecule has 0 aromatic heterocycles. The van der Waals surface area contributed by atoms with Crippen LogP contribution in [0.1, 0.15) is 49.5 Å².